The van der Waals surface area contributed by atoms with Gasteiger partial charge in [-0.15, -0.1) is 11.3 Å². The maximum atomic E-state index is 12.5. The molecule has 0 fully saturated rings. The summed E-state index contributed by atoms with van der Waals surface area (Å²) in [7, 11) is -3.37. The lowest BCUT2D eigenvalue weighted by molar-refractivity contribution is 0.281. The maximum absolute atomic E-state index is 12.5. The van der Waals surface area contributed by atoms with Crippen LogP contribution in [-0.2, 0) is 28.9 Å². The first kappa shape index (κ1) is 16.2. The van der Waals surface area contributed by atoms with Crippen LogP contribution in [0.5, 0.6) is 0 Å². The Morgan fingerprint density at radius 3 is 2.57 bits per heavy atom. The molecular weight excluding hydrogens is 306 g/mol. The van der Waals surface area contributed by atoms with Crippen molar-refractivity contribution in [2.45, 2.75) is 25.8 Å². The second-order valence-electron chi connectivity index (χ2n) is 4.74. The van der Waals surface area contributed by atoms with E-state index >= 15 is 0 Å². The lowest BCUT2D eigenvalue weighted by atomic mass is 10.1. The van der Waals surface area contributed by atoms with E-state index in [2.05, 4.69) is 0 Å². The van der Waals surface area contributed by atoms with Gasteiger partial charge in [-0.1, -0.05) is 37.3 Å². The third-order valence-electron chi connectivity index (χ3n) is 3.18. The number of thiophene rings is 1. The van der Waals surface area contributed by atoms with Crippen LogP contribution in [0, 0.1) is 0 Å². The molecule has 0 unspecified atom stereocenters. The van der Waals surface area contributed by atoms with Gasteiger partial charge in [-0.05, 0) is 22.6 Å². The smallest absolute Gasteiger partial charge is 0.218 e. The molecule has 0 saturated carbocycles. The van der Waals surface area contributed by atoms with Crippen LogP contribution < -0.4 is 0 Å². The number of hydrogen-bond donors (Lipinski definition) is 1. The summed E-state index contributed by atoms with van der Waals surface area (Å²) < 4.78 is 26.5. The quantitative estimate of drug-likeness (QED) is 0.851. The van der Waals surface area contributed by atoms with Gasteiger partial charge in [0.25, 0.3) is 0 Å². The van der Waals surface area contributed by atoms with Gasteiger partial charge in [-0.2, -0.15) is 4.31 Å². The molecule has 2 aromatic rings. The van der Waals surface area contributed by atoms with Gasteiger partial charge in [-0.25, -0.2) is 8.42 Å². The molecule has 0 aliphatic heterocycles. The van der Waals surface area contributed by atoms with Gasteiger partial charge in [0.2, 0.25) is 10.0 Å². The lowest BCUT2D eigenvalue weighted by Gasteiger charge is -2.20. The summed E-state index contributed by atoms with van der Waals surface area (Å²) in [5, 5.41) is 11.1. The van der Waals surface area contributed by atoms with Crippen molar-refractivity contribution in [1.82, 2.24) is 4.31 Å². The average Bonchev–Trinajstić information content (AvgIpc) is 2.97. The van der Waals surface area contributed by atoms with Crippen LogP contribution in [0.2, 0.25) is 0 Å². The van der Waals surface area contributed by atoms with Crippen molar-refractivity contribution < 1.29 is 13.5 Å². The first-order valence-corrected chi connectivity index (χ1v) is 9.23. The number of benzene rings is 1. The van der Waals surface area contributed by atoms with E-state index in [0.29, 0.717) is 18.7 Å². The largest absolute Gasteiger partial charge is 0.392 e. The molecule has 6 heteroatoms. The minimum Gasteiger partial charge on any atom is -0.392 e. The molecule has 1 heterocycles. The number of nitrogens with zero attached hydrogens (tertiary/aromatic N) is 1. The highest BCUT2D eigenvalue weighted by atomic mass is 32.2. The molecule has 21 heavy (non-hydrogen) atoms. The van der Waals surface area contributed by atoms with Crippen molar-refractivity contribution >= 4 is 21.4 Å². The van der Waals surface area contributed by atoms with E-state index < -0.39 is 10.0 Å². The second kappa shape index (κ2) is 7.17. The van der Waals surface area contributed by atoms with E-state index in [9.17, 15) is 8.42 Å². The Bertz CT molecular complexity index is 666. The van der Waals surface area contributed by atoms with Crippen molar-refractivity contribution in [3.05, 3.63) is 57.8 Å². The summed E-state index contributed by atoms with van der Waals surface area (Å²) in [5.41, 5.74) is 1.43. The monoisotopic (exact) mass is 325 g/mol. The highest BCUT2D eigenvalue weighted by Crippen LogP contribution is 2.18. The molecule has 1 aromatic carbocycles. The van der Waals surface area contributed by atoms with E-state index in [1.54, 1.807) is 35.6 Å². The zero-order valence-corrected chi connectivity index (χ0v) is 13.5. The van der Waals surface area contributed by atoms with E-state index in [0.717, 1.165) is 10.4 Å². The zero-order chi connectivity index (χ0) is 15.3. The van der Waals surface area contributed by atoms with Crippen LogP contribution in [0.15, 0.2) is 41.8 Å². The van der Waals surface area contributed by atoms with Gasteiger partial charge in [0.05, 0.1) is 12.4 Å². The fraction of sp³-hybridized carbons (Fsp3) is 0.333. The van der Waals surface area contributed by atoms with Gasteiger partial charge >= 0.3 is 0 Å². The molecule has 0 bridgehead atoms. The van der Waals surface area contributed by atoms with Crippen molar-refractivity contribution in [3.63, 3.8) is 0 Å². The molecule has 0 atom stereocenters. The highest BCUT2D eigenvalue weighted by Gasteiger charge is 2.21. The van der Waals surface area contributed by atoms with E-state index in [4.69, 9.17) is 5.11 Å². The molecule has 0 aliphatic rings. The summed E-state index contributed by atoms with van der Waals surface area (Å²) in [6.07, 6.45) is 0. The number of hydrogen-bond acceptors (Lipinski definition) is 4. The summed E-state index contributed by atoms with van der Waals surface area (Å²) in [5.74, 6) is -0.0416. The Hall–Kier alpha value is -1.21. The number of aliphatic hydroxyl groups is 1. The van der Waals surface area contributed by atoms with Crippen LogP contribution in [0.4, 0.5) is 0 Å². The number of rotatable bonds is 7. The molecule has 114 valence electrons. The molecular formula is C15H19NO3S2. The summed E-state index contributed by atoms with van der Waals surface area (Å²) in [4.78, 5) is 1.03. The Labute approximate surface area is 129 Å². The number of sulfonamides is 1. The average molecular weight is 325 g/mol. The van der Waals surface area contributed by atoms with Crippen LogP contribution in [0.3, 0.4) is 0 Å². The van der Waals surface area contributed by atoms with Crippen LogP contribution >= 0.6 is 11.3 Å². The van der Waals surface area contributed by atoms with Crippen LogP contribution in [0.1, 0.15) is 22.9 Å². The van der Waals surface area contributed by atoms with Gasteiger partial charge in [0, 0.05) is 18.0 Å². The van der Waals surface area contributed by atoms with E-state index in [1.165, 1.54) is 4.31 Å². The lowest BCUT2D eigenvalue weighted by Crippen LogP contribution is -2.31. The van der Waals surface area contributed by atoms with Gasteiger partial charge < -0.3 is 5.11 Å². The fourth-order valence-electron chi connectivity index (χ4n) is 2.10. The van der Waals surface area contributed by atoms with E-state index in [1.807, 2.05) is 24.4 Å². The molecule has 0 radical (unpaired) electrons. The third kappa shape index (κ3) is 4.38. The molecule has 4 nitrogen and oxygen atoms in total. The van der Waals surface area contributed by atoms with Crippen LogP contribution in [0.25, 0.3) is 0 Å². The SMILES string of the molecule is CCN(Cc1cccs1)S(=O)(=O)Cc1cccc(CO)c1. The second-order valence-corrected chi connectivity index (χ2v) is 7.74. The summed E-state index contributed by atoms with van der Waals surface area (Å²) in [6.45, 7) is 2.62. The molecule has 2 rings (SSSR count). The van der Waals surface area contributed by atoms with Crippen LogP contribution in [-0.4, -0.2) is 24.4 Å². The Kier molecular flexibility index (Phi) is 5.52. The third-order valence-corrected chi connectivity index (χ3v) is 5.91. The minimum absolute atomic E-state index is 0.0416. The Morgan fingerprint density at radius 1 is 1.19 bits per heavy atom. The normalized spacial score (nSPS) is 12.0. The first-order chi connectivity index (χ1) is 10.0. The van der Waals surface area contributed by atoms with Gasteiger partial charge in [0.15, 0.2) is 0 Å². The van der Waals surface area contributed by atoms with Crippen molar-refractivity contribution in [2.75, 3.05) is 6.54 Å². The predicted molar refractivity (Wildman–Crippen MR) is 85.4 cm³/mol. The standard InChI is InChI=1S/C15H19NO3S2/c1-2-16(10-15-7-4-8-20-15)21(18,19)12-14-6-3-5-13(9-14)11-17/h3-9,17H,2,10-12H2,1H3. The molecule has 1 aromatic heterocycles. The Balaban J connectivity index is 2.15. The molecule has 0 aliphatic carbocycles. The van der Waals surface area contributed by atoms with Gasteiger partial charge in [-0.3, -0.25) is 0 Å². The first-order valence-electron chi connectivity index (χ1n) is 6.74. The highest BCUT2D eigenvalue weighted by molar-refractivity contribution is 7.88. The molecule has 0 saturated heterocycles. The molecule has 0 amide bonds. The Morgan fingerprint density at radius 2 is 1.95 bits per heavy atom. The fourth-order valence-corrected chi connectivity index (χ4v) is 4.42. The molecule has 1 N–H and O–H groups in total. The van der Waals surface area contributed by atoms with E-state index in [-0.39, 0.29) is 12.4 Å². The predicted octanol–water partition coefficient (Wildman–Crippen LogP) is 2.59. The van der Waals surface area contributed by atoms with Crippen molar-refractivity contribution in [3.8, 4) is 0 Å². The molecule has 0 spiro atoms. The minimum atomic E-state index is -3.37. The maximum Gasteiger partial charge on any atom is 0.218 e. The topological polar surface area (TPSA) is 57.6 Å². The van der Waals surface area contributed by atoms with Gasteiger partial charge in [0.1, 0.15) is 0 Å². The zero-order valence-electron chi connectivity index (χ0n) is 11.9. The number of aliphatic hydroxyl groups excluding tert-OH is 1. The van der Waals surface area contributed by atoms with Crippen molar-refractivity contribution in [1.29, 1.82) is 0 Å². The summed E-state index contributed by atoms with van der Waals surface area (Å²) >= 11 is 1.56. The van der Waals surface area contributed by atoms with Crippen molar-refractivity contribution in [2.24, 2.45) is 0 Å². The summed E-state index contributed by atoms with van der Waals surface area (Å²) in [6, 6.07) is 10.9.